The maximum absolute atomic E-state index is 12.3. The Morgan fingerprint density at radius 2 is 1.68 bits per heavy atom. The van der Waals surface area contributed by atoms with Crippen molar-refractivity contribution in [2.45, 2.75) is 26.7 Å². The van der Waals surface area contributed by atoms with Gasteiger partial charge in [-0.05, 0) is 66.4 Å². The van der Waals surface area contributed by atoms with Crippen LogP contribution in [0.25, 0.3) is 0 Å². The Balaban J connectivity index is 1.55. The molecule has 0 aliphatic heterocycles. The van der Waals surface area contributed by atoms with Crippen molar-refractivity contribution in [3.05, 3.63) is 89.5 Å². The first-order chi connectivity index (χ1) is 16.5. The summed E-state index contributed by atoms with van der Waals surface area (Å²) in [4.78, 5) is 24.4. The predicted octanol–water partition coefficient (Wildman–Crippen LogP) is 4.96. The predicted molar refractivity (Wildman–Crippen MR) is 131 cm³/mol. The van der Waals surface area contributed by atoms with Crippen LogP contribution < -0.4 is 19.6 Å². The van der Waals surface area contributed by atoms with E-state index >= 15 is 0 Å². The van der Waals surface area contributed by atoms with Crippen LogP contribution in [0.3, 0.4) is 0 Å². The molecule has 0 aliphatic rings. The van der Waals surface area contributed by atoms with E-state index in [1.807, 2.05) is 37.3 Å². The van der Waals surface area contributed by atoms with E-state index in [9.17, 15) is 9.59 Å². The summed E-state index contributed by atoms with van der Waals surface area (Å²) in [7, 11) is 0. The van der Waals surface area contributed by atoms with Gasteiger partial charge in [0, 0.05) is 0 Å². The monoisotopic (exact) mass is 460 g/mol. The molecule has 0 heterocycles. The van der Waals surface area contributed by atoms with E-state index in [0.717, 1.165) is 0 Å². The second-order valence-corrected chi connectivity index (χ2v) is 7.70. The van der Waals surface area contributed by atoms with Gasteiger partial charge in [-0.1, -0.05) is 44.2 Å². The van der Waals surface area contributed by atoms with E-state index < -0.39 is 5.97 Å². The SMILES string of the molecule is CCOc1cc(/C=N/NC(=O)COc2ccc(C(C)C)cc2)ccc1OC(=O)c1ccccc1. The maximum atomic E-state index is 12.3. The number of hydrogen-bond donors (Lipinski definition) is 1. The molecule has 34 heavy (non-hydrogen) atoms. The zero-order valence-electron chi connectivity index (χ0n) is 19.5. The van der Waals surface area contributed by atoms with Crippen LogP contribution in [0.2, 0.25) is 0 Å². The number of nitrogens with one attached hydrogen (secondary N) is 1. The van der Waals surface area contributed by atoms with Crippen LogP contribution in [-0.2, 0) is 4.79 Å². The third-order valence-electron chi connectivity index (χ3n) is 4.80. The van der Waals surface area contributed by atoms with Crippen LogP contribution in [0.4, 0.5) is 0 Å². The molecule has 0 spiro atoms. The number of hydrazone groups is 1. The molecule has 3 aromatic carbocycles. The topological polar surface area (TPSA) is 86.2 Å². The van der Waals surface area contributed by atoms with Crippen LogP contribution in [0.1, 0.15) is 48.2 Å². The van der Waals surface area contributed by atoms with Gasteiger partial charge in [-0.2, -0.15) is 5.10 Å². The van der Waals surface area contributed by atoms with Crippen molar-refractivity contribution in [1.82, 2.24) is 5.43 Å². The number of ether oxygens (including phenoxy) is 3. The highest BCUT2D eigenvalue weighted by molar-refractivity contribution is 5.91. The zero-order valence-corrected chi connectivity index (χ0v) is 19.5. The van der Waals surface area contributed by atoms with Gasteiger partial charge in [0.15, 0.2) is 18.1 Å². The first kappa shape index (κ1) is 24.5. The Kier molecular flexibility index (Phi) is 8.80. The summed E-state index contributed by atoms with van der Waals surface area (Å²) in [5, 5.41) is 3.96. The number of carbonyl (C=O) groups is 2. The standard InChI is InChI=1S/C27H28N2O5/c1-4-32-25-16-20(10-15-24(25)34-27(31)22-8-6-5-7-9-22)17-28-29-26(30)18-33-23-13-11-21(12-14-23)19(2)3/h5-17,19H,4,18H2,1-3H3,(H,29,30)/b28-17+. The van der Waals surface area contributed by atoms with E-state index in [1.54, 1.807) is 42.5 Å². The number of rotatable bonds is 10. The molecule has 0 radical (unpaired) electrons. The largest absolute Gasteiger partial charge is 0.490 e. The molecule has 7 heteroatoms. The van der Waals surface area contributed by atoms with Crippen LogP contribution in [0, 0.1) is 0 Å². The van der Waals surface area contributed by atoms with Gasteiger partial charge >= 0.3 is 5.97 Å². The maximum Gasteiger partial charge on any atom is 0.343 e. The Morgan fingerprint density at radius 1 is 0.941 bits per heavy atom. The summed E-state index contributed by atoms with van der Waals surface area (Å²) in [5.74, 6) is 0.881. The Morgan fingerprint density at radius 3 is 2.35 bits per heavy atom. The normalized spacial score (nSPS) is 10.8. The van der Waals surface area contributed by atoms with E-state index in [-0.39, 0.29) is 12.5 Å². The van der Waals surface area contributed by atoms with Gasteiger partial charge in [-0.3, -0.25) is 4.79 Å². The minimum absolute atomic E-state index is 0.156. The highest BCUT2D eigenvalue weighted by Gasteiger charge is 2.13. The molecule has 3 rings (SSSR count). The van der Waals surface area contributed by atoms with E-state index in [0.29, 0.717) is 40.9 Å². The molecular weight excluding hydrogens is 432 g/mol. The van der Waals surface area contributed by atoms with E-state index in [1.165, 1.54) is 11.8 Å². The highest BCUT2D eigenvalue weighted by atomic mass is 16.6. The molecule has 0 atom stereocenters. The molecule has 1 N–H and O–H groups in total. The van der Waals surface area contributed by atoms with Gasteiger partial charge in [0.05, 0.1) is 18.4 Å². The first-order valence-corrected chi connectivity index (χ1v) is 11.0. The molecule has 0 bridgehead atoms. The van der Waals surface area contributed by atoms with Gasteiger partial charge in [-0.15, -0.1) is 0 Å². The second-order valence-electron chi connectivity index (χ2n) is 7.70. The third-order valence-corrected chi connectivity index (χ3v) is 4.80. The molecular formula is C27H28N2O5. The first-order valence-electron chi connectivity index (χ1n) is 11.0. The average Bonchev–Trinajstić information content (AvgIpc) is 2.85. The molecule has 0 aromatic heterocycles. The number of nitrogens with zero attached hydrogens (tertiary/aromatic N) is 1. The molecule has 176 valence electrons. The molecule has 0 aliphatic carbocycles. The lowest BCUT2D eigenvalue weighted by Gasteiger charge is -2.11. The van der Waals surface area contributed by atoms with Crippen molar-refractivity contribution in [2.75, 3.05) is 13.2 Å². The number of amides is 1. The molecule has 0 fully saturated rings. The lowest BCUT2D eigenvalue weighted by molar-refractivity contribution is -0.123. The molecule has 3 aromatic rings. The Bertz CT molecular complexity index is 1130. The fourth-order valence-electron chi connectivity index (χ4n) is 3.00. The van der Waals surface area contributed by atoms with Gasteiger partial charge in [0.1, 0.15) is 5.75 Å². The molecule has 0 saturated heterocycles. The average molecular weight is 461 g/mol. The number of esters is 1. The van der Waals surface area contributed by atoms with Gasteiger partial charge in [0.2, 0.25) is 0 Å². The van der Waals surface area contributed by atoms with E-state index in [4.69, 9.17) is 14.2 Å². The summed E-state index contributed by atoms with van der Waals surface area (Å²) in [6, 6.07) is 21.4. The number of benzene rings is 3. The fraction of sp³-hybridized carbons (Fsp3) is 0.222. The van der Waals surface area contributed by atoms with Crippen molar-refractivity contribution in [1.29, 1.82) is 0 Å². The summed E-state index contributed by atoms with van der Waals surface area (Å²) in [6.45, 7) is 6.30. The summed E-state index contributed by atoms with van der Waals surface area (Å²) in [5.41, 5.74) is 4.73. The van der Waals surface area contributed by atoms with Crippen molar-refractivity contribution in [3.8, 4) is 17.2 Å². The van der Waals surface area contributed by atoms with Crippen molar-refractivity contribution >= 4 is 18.1 Å². The lowest BCUT2D eigenvalue weighted by Crippen LogP contribution is -2.24. The zero-order chi connectivity index (χ0) is 24.3. The van der Waals surface area contributed by atoms with Crippen molar-refractivity contribution < 1.29 is 23.8 Å². The van der Waals surface area contributed by atoms with Crippen molar-refractivity contribution in [2.24, 2.45) is 5.10 Å². The Labute approximate surface area is 199 Å². The summed E-state index contributed by atoms with van der Waals surface area (Å²) < 4.78 is 16.6. The quantitative estimate of drug-likeness (QED) is 0.200. The van der Waals surface area contributed by atoms with Crippen LogP contribution in [0.15, 0.2) is 77.9 Å². The van der Waals surface area contributed by atoms with Crippen LogP contribution in [0.5, 0.6) is 17.2 Å². The summed E-state index contributed by atoms with van der Waals surface area (Å²) >= 11 is 0. The van der Waals surface area contributed by atoms with Crippen LogP contribution in [-0.4, -0.2) is 31.3 Å². The second kappa shape index (κ2) is 12.2. The van der Waals surface area contributed by atoms with Gasteiger partial charge in [0.25, 0.3) is 5.91 Å². The molecule has 0 unspecified atom stereocenters. The smallest absolute Gasteiger partial charge is 0.343 e. The molecule has 1 amide bonds. The lowest BCUT2D eigenvalue weighted by atomic mass is 10.0. The fourth-order valence-corrected chi connectivity index (χ4v) is 3.00. The summed E-state index contributed by atoms with van der Waals surface area (Å²) in [6.07, 6.45) is 1.47. The molecule has 0 saturated carbocycles. The molecule has 7 nitrogen and oxygen atoms in total. The van der Waals surface area contributed by atoms with Crippen molar-refractivity contribution in [3.63, 3.8) is 0 Å². The highest BCUT2D eigenvalue weighted by Crippen LogP contribution is 2.29. The number of carbonyl (C=O) groups excluding carboxylic acids is 2. The van der Waals surface area contributed by atoms with E-state index in [2.05, 4.69) is 24.4 Å². The number of hydrogen-bond acceptors (Lipinski definition) is 6. The van der Waals surface area contributed by atoms with Crippen LogP contribution >= 0.6 is 0 Å². The third kappa shape index (κ3) is 7.20. The Hall–Kier alpha value is -4.13. The minimum Gasteiger partial charge on any atom is -0.490 e. The van der Waals surface area contributed by atoms with Gasteiger partial charge in [-0.25, -0.2) is 10.2 Å². The van der Waals surface area contributed by atoms with Gasteiger partial charge < -0.3 is 14.2 Å². The minimum atomic E-state index is -0.478.